The van der Waals surface area contributed by atoms with Crippen molar-refractivity contribution in [2.24, 2.45) is 0 Å². The van der Waals surface area contributed by atoms with E-state index in [9.17, 15) is 0 Å². The second-order valence-electron chi connectivity index (χ2n) is 7.62. The van der Waals surface area contributed by atoms with Crippen molar-refractivity contribution < 1.29 is 18.9 Å². The standard InChI is InChI=1S/C23H29N3O4S/c1-27-19-5-3-17(13-21(19)28-2)7-8-24-23(31)26-11-9-25(10-12-26)15-18-4-6-20-22(14-18)30-16-29-20/h3-6,13-14H,7-12,15-16H2,1-2H3,(H,24,31). The summed E-state index contributed by atoms with van der Waals surface area (Å²) in [6.07, 6.45) is 0.866. The first-order valence-electron chi connectivity index (χ1n) is 10.5. The molecule has 4 rings (SSSR count). The monoisotopic (exact) mass is 443 g/mol. The molecule has 1 fully saturated rings. The predicted octanol–water partition coefficient (Wildman–Crippen LogP) is 2.67. The second-order valence-corrected chi connectivity index (χ2v) is 8.01. The summed E-state index contributed by atoms with van der Waals surface area (Å²) in [5, 5.41) is 4.22. The summed E-state index contributed by atoms with van der Waals surface area (Å²) in [4.78, 5) is 4.69. The van der Waals surface area contributed by atoms with Crippen LogP contribution < -0.4 is 24.3 Å². The van der Waals surface area contributed by atoms with Gasteiger partial charge in [-0.05, 0) is 54.0 Å². The number of ether oxygens (including phenoxy) is 4. The number of nitrogens with zero attached hydrogens (tertiary/aromatic N) is 2. The van der Waals surface area contributed by atoms with Crippen LogP contribution in [0.2, 0.25) is 0 Å². The lowest BCUT2D eigenvalue weighted by atomic mass is 10.1. The van der Waals surface area contributed by atoms with Crippen LogP contribution in [0.5, 0.6) is 23.0 Å². The van der Waals surface area contributed by atoms with Gasteiger partial charge in [0.15, 0.2) is 28.1 Å². The number of hydrogen-bond donors (Lipinski definition) is 1. The molecule has 0 atom stereocenters. The highest BCUT2D eigenvalue weighted by atomic mass is 32.1. The number of piperazine rings is 1. The van der Waals surface area contributed by atoms with Crippen molar-refractivity contribution in [2.75, 3.05) is 53.7 Å². The first kappa shape index (κ1) is 21.5. The van der Waals surface area contributed by atoms with Crippen LogP contribution in [0.3, 0.4) is 0 Å². The van der Waals surface area contributed by atoms with Crippen molar-refractivity contribution in [2.45, 2.75) is 13.0 Å². The maximum absolute atomic E-state index is 5.62. The molecule has 2 aromatic rings. The zero-order valence-corrected chi connectivity index (χ0v) is 18.9. The molecule has 0 aromatic heterocycles. The molecule has 0 saturated carbocycles. The number of benzene rings is 2. The summed E-state index contributed by atoms with van der Waals surface area (Å²) in [5.41, 5.74) is 2.43. The van der Waals surface area contributed by atoms with E-state index in [4.69, 9.17) is 31.2 Å². The third-order valence-electron chi connectivity index (χ3n) is 5.64. The predicted molar refractivity (Wildman–Crippen MR) is 123 cm³/mol. The van der Waals surface area contributed by atoms with Crippen LogP contribution in [0.25, 0.3) is 0 Å². The number of fused-ring (bicyclic) bond motifs is 1. The molecule has 8 heteroatoms. The maximum Gasteiger partial charge on any atom is 0.231 e. The van der Waals surface area contributed by atoms with Crippen LogP contribution in [0.4, 0.5) is 0 Å². The Morgan fingerprint density at radius 3 is 2.45 bits per heavy atom. The molecule has 7 nitrogen and oxygen atoms in total. The van der Waals surface area contributed by atoms with E-state index in [-0.39, 0.29) is 0 Å². The second kappa shape index (κ2) is 10.1. The fourth-order valence-corrected chi connectivity index (χ4v) is 4.15. The minimum atomic E-state index is 0.313. The van der Waals surface area contributed by atoms with Gasteiger partial charge in [0.1, 0.15) is 0 Å². The number of thiocarbonyl (C=S) groups is 1. The van der Waals surface area contributed by atoms with E-state index in [0.29, 0.717) is 6.79 Å². The normalized spacial score (nSPS) is 15.6. The Bertz CT molecular complexity index is 916. The fraction of sp³-hybridized carbons (Fsp3) is 0.435. The van der Waals surface area contributed by atoms with Gasteiger partial charge in [0, 0.05) is 39.3 Å². The van der Waals surface area contributed by atoms with Gasteiger partial charge in [0.25, 0.3) is 0 Å². The van der Waals surface area contributed by atoms with Gasteiger partial charge in [-0.2, -0.15) is 0 Å². The van der Waals surface area contributed by atoms with Gasteiger partial charge in [-0.3, -0.25) is 4.90 Å². The Balaban J connectivity index is 1.20. The van der Waals surface area contributed by atoms with E-state index in [1.54, 1.807) is 14.2 Å². The van der Waals surface area contributed by atoms with Crippen molar-refractivity contribution in [1.82, 2.24) is 15.1 Å². The molecule has 0 amide bonds. The lowest BCUT2D eigenvalue weighted by Crippen LogP contribution is -2.51. The molecule has 2 aliphatic rings. The highest BCUT2D eigenvalue weighted by molar-refractivity contribution is 7.80. The molecule has 2 aliphatic heterocycles. The van der Waals surface area contributed by atoms with Crippen LogP contribution in [0.15, 0.2) is 36.4 Å². The number of methoxy groups -OCH3 is 2. The number of nitrogens with one attached hydrogen (secondary N) is 1. The van der Waals surface area contributed by atoms with Crippen molar-refractivity contribution in [3.63, 3.8) is 0 Å². The molecular weight excluding hydrogens is 414 g/mol. The summed E-state index contributed by atoms with van der Waals surface area (Å²) in [7, 11) is 3.30. The summed E-state index contributed by atoms with van der Waals surface area (Å²) in [6.45, 7) is 5.81. The minimum absolute atomic E-state index is 0.313. The lowest BCUT2D eigenvalue weighted by molar-refractivity contribution is 0.172. The smallest absolute Gasteiger partial charge is 0.231 e. The third kappa shape index (κ3) is 5.32. The van der Waals surface area contributed by atoms with E-state index in [2.05, 4.69) is 33.3 Å². The minimum Gasteiger partial charge on any atom is -0.493 e. The van der Waals surface area contributed by atoms with Gasteiger partial charge in [-0.1, -0.05) is 12.1 Å². The summed E-state index contributed by atoms with van der Waals surface area (Å²) < 4.78 is 21.5. The van der Waals surface area contributed by atoms with Gasteiger partial charge in [-0.15, -0.1) is 0 Å². The molecule has 0 unspecified atom stereocenters. The van der Waals surface area contributed by atoms with E-state index in [1.165, 1.54) is 11.1 Å². The van der Waals surface area contributed by atoms with Crippen molar-refractivity contribution in [1.29, 1.82) is 0 Å². The first-order chi connectivity index (χ1) is 15.2. The zero-order valence-electron chi connectivity index (χ0n) is 18.1. The number of hydrogen-bond acceptors (Lipinski definition) is 6. The largest absolute Gasteiger partial charge is 0.493 e. The van der Waals surface area contributed by atoms with Crippen LogP contribution in [0, 0.1) is 0 Å². The third-order valence-corrected chi connectivity index (χ3v) is 6.04. The molecule has 31 heavy (non-hydrogen) atoms. The van der Waals surface area contributed by atoms with Crippen molar-refractivity contribution in [3.8, 4) is 23.0 Å². The van der Waals surface area contributed by atoms with Crippen LogP contribution in [0.1, 0.15) is 11.1 Å². The summed E-state index contributed by atoms with van der Waals surface area (Å²) >= 11 is 5.62. The average molecular weight is 444 g/mol. The van der Waals surface area contributed by atoms with Crippen LogP contribution in [-0.2, 0) is 13.0 Å². The molecule has 0 spiro atoms. The van der Waals surface area contributed by atoms with E-state index in [0.717, 1.165) is 73.8 Å². The highest BCUT2D eigenvalue weighted by Gasteiger charge is 2.20. The van der Waals surface area contributed by atoms with Gasteiger partial charge >= 0.3 is 0 Å². The molecule has 0 bridgehead atoms. The molecular formula is C23H29N3O4S. The van der Waals surface area contributed by atoms with Crippen molar-refractivity contribution >= 4 is 17.3 Å². The molecule has 1 saturated heterocycles. The topological polar surface area (TPSA) is 55.4 Å². The molecule has 0 aliphatic carbocycles. The molecule has 0 radical (unpaired) electrons. The Hall–Kier alpha value is -2.71. The SMILES string of the molecule is COc1ccc(CCNC(=S)N2CCN(Cc3ccc4c(c3)OCO4)CC2)cc1OC. The van der Waals surface area contributed by atoms with Crippen molar-refractivity contribution in [3.05, 3.63) is 47.5 Å². The van der Waals surface area contributed by atoms with Gasteiger partial charge in [-0.25, -0.2) is 0 Å². The first-order valence-corrected chi connectivity index (χ1v) is 10.9. The molecule has 2 aromatic carbocycles. The molecule has 2 heterocycles. The quantitative estimate of drug-likeness (QED) is 0.656. The van der Waals surface area contributed by atoms with Gasteiger partial charge < -0.3 is 29.2 Å². The summed E-state index contributed by atoms with van der Waals surface area (Å²) in [6, 6.07) is 12.2. The van der Waals surface area contributed by atoms with Crippen LogP contribution in [-0.4, -0.2) is 68.6 Å². The molecule has 166 valence electrons. The Morgan fingerprint density at radius 1 is 0.935 bits per heavy atom. The van der Waals surface area contributed by atoms with Gasteiger partial charge in [0.05, 0.1) is 14.2 Å². The Labute approximate surface area is 188 Å². The van der Waals surface area contributed by atoms with Gasteiger partial charge in [0.2, 0.25) is 6.79 Å². The number of rotatable bonds is 7. The zero-order chi connectivity index (χ0) is 21.6. The lowest BCUT2D eigenvalue weighted by Gasteiger charge is -2.36. The Morgan fingerprint density at radius 2 is 1.68 bits per heavy atom. The Kier molecular flexibility index (Phi) is 6.99. The molecule has 1 N–H and O–H groups in total. The summed E-state index contributed by atoms with van der Waals surface area (Å²) in [5.74, 6) is 3.17. The van der Waals surface area contributed by atoms with E-state index >= 15 is 0 Å². The average Bonchev–Trinajstić information content (AvgIpc) is 3.27. The van der Waals surface area contributed by atoms with Crippen LogP contribution >= 0.6 is 12.2 Å². The maximum atomic E-state index is 5.62. The van der Waals surface area contributed by atoms with E-state index < -0.39 is 0 Å². The highest BCUT2D eigenvalue weighted by Crippen LogP contribution is 2.33. The van der Waals surface area contributed by atoms with E-state index in [1.807, 2.05) is 18.2 Å². The fourth-order valence-electron chi connectivity index (χ4n) is 3.87.